The molecule has 2 heterocycles. The molecular weight excluding hydrogens is 378 g/mol. The zero-order valence-corrected chi connectivity index (χ0v) is 15.8. The van der Waals surface area contributed by atoms with Gasteiger partial charge >= 0.3 is 0 Å². The van der Waals surface area contributed by atoms with Crippen molar-refractivity contribution in [2.24, 2.45) is 0 Å². The minimum Gasteiger partial charge on any atom is -0.489 e. The minimum atomic E-state index is -0.383. The second-order valence-electron chi connectivity index (χ2n) is 6.35. The third-order valence-electron chi connectivity index (χ3n) is 4.50. The van der Waals surface area contributed by atoms with E-state index >= 15 is 0 Å². The van der Waals surface area contributed by atoms with E-state index in [4.69, 9.17) is 4.74 Å². The predicted octanol–water partition coefficient (Wildman–Crippen LogP) is 2.91. The number of likely N-dealkylation sites (N-methyl/N-ethyl adjacent to an activating group) is 1. The highest BCUT2D eigenvalue weighted by molar-refractivity contribution is 8.18. The maximum absolute atomic E-state index is 12.5. The molecular formula is C20H17N3O4S. The number of para-hydroxylation sites is 1. The Kier molecular flexibility index (Phi) is 4.79. The normalized spacial score (nSPS) is 20.0. The molecule has 1 saturated heterocycles. The van der Waals surface area contributed by atoms with Crippen molar-refractivity contribution in [3.05, 3.63) is 64.6 Å². The summed E-state index contributed by atoms with van der Waals surface area (Å²) in [5.74, 6) is 0.210. The molecule has 2 aliphatic rings. The Morgan fingerprint density at radius 1 is 1.11 bits per heavy atom. The highest BCUT2D eigenvalue weighted by Gasteiger charge is 2.29. The standard InChI is InChI=1S/C20H17N3O4S/c1-23-17(21-15-5-3-2-4-14(15)19(23)25)11-27-13-8-6-12(7-9-13)10-16-18(24)22-20(26)28-16/h2-10,17,21H,11H2,1H3,(H,22,24,26). The van der Waals surface area contributed by atoms with Gasteiger partial charge in [-0.3, -0.25) is 19.7 Å². The van der Waals surface area contributed by atoms with E-state index in [0.717, 1.165) is 23.0 Å². The van der Waals surface area contributed by atoms with Crippen LogP contribution in [0.4, 0.5) is 10.5 Å². The topological polar surface area (TPSA) is 87.7 Å². The van der Waals surface area contributed by atoms with E-state index in [-0.39, 0.29) is 29.8 Å². The van der Waals surface area contributed by atoms with Crippen LogP contribution in [0.2, 0.25) is 0 Å². The molecule has 28 heavy (non-hydrogen) atoms. The molecule has 0 spiro atoms. The van der Waals surface area contributed by atoms with Gasteiger partial charge in [-0.25, -0.2) is 0 Å². The second kappa shape index (κ2) is 7.40. The van der Waals surface area contributed by atoms with Gasteiger partial charge in [-0.05, 0) is 47.7 Å². The summed E-state index contributed by atoms with van der Waals surface area (Å²) in [5.41, 5.74) is 2.23. The van der Waals surface area contributed by atoms with Crippen LogP contribution in [-0.4, -0.2) is 41.8 Å². The van der Waals surface area contributed by atoms with E-state index < -0.39 is 0 Å². The van der Waals surface area contributed by atoms with Crippen molar-refractivity contribution in [2.75, 3.05) is 19.0 Å². The lowest BCUT2D eigenvalue weighted by Crippen LogP contribution is -2.49. The molecule has 142 valence electrons. The maximum Gasteiger partial charge on any atom is 0.290 e. The first kappa shape index (κ1) is 18.1. The lowest BCUT2D eigenvalue weighted by molar-refractivity contribution is -0.115. The number of rotatable bonds is 4. The van der Waals surface area contributed by atoms with Crippen LogP contribution in [0, 0.1) is 0 Å². The third kappa shape index (κ3) is 3.59. The highest BCUT2D eigenvalue weighted by atomic mass is 32.2. The number of hydrogen-bond acceptors (Lipinski definition) is 6. The molecule has 0 saturated carbocycles. The molecule has 2 aliphatic heterocycles. The fraction of sp³-hybridized carbons (Fsp3) is 0.150. The van der Waals surface area contributed by atoms with Gasteiger partial charge in [0, 0.05) is 12.7 Å². The Morgan fingerprint density at radius 2 is 1.86 bits per heavy atom. The molecule has 1 unspecified atom stereocenters. The van der Waals surface area contributed by atoms with Crippen LogP contribution in [0.15, 0.2) is 53.4 Å². The lowest BCUT2D eigenvalue weighted by atomic mass is 10.1. The van der Waals surface area contributed by atoms with Gasteiger partial charge in [-0.2, -0.15) is 0 Å². The number of thioether (sulfide) groups is 1. The Labute approximate surface area is 165 Å². The van der Waals surface area contributed by atoms with Crippen molar-refractivity contribution in [3.8, 4) is 5.75 Å². The lowest BCUT2D eigenvalue weighted by Gasteiger charge is -2.35. The number of carbonyl (C=O) groups is 3. The summed E-state index contributed by atoms with van der Waals surface area (Å²) in [7, 11) is 1.74. The van der Waals surface area contributed by atoms with Crippen LogP contribution < -0.4 is 15.4 Å². The average molecular weight is 395 g/mol. The number of nitrogens with one attached hydrogen (secondary N) is 2. The highest BCUT2D eigenvalue weighted by Crippen LogP contribution is 2.27. The summed E-state index contributed by atoms with van der Waals surface area (Å²) in [6.45, 7) is 0.282. The first-order valence-electron chi connectivity index (χ1n) is 8.62. The Balaban J connectivity index is 1.40. The van der Waals surface area contributed by atoms with Gasteiger partial charge in [-0.15, -0.1) is 0 Å². The molecule has 1 atom stereocenters. The summed E-state index contributed by atoms with van der Waals surface area (Å²) in [4.78, 5) is 37.2. The van der Waals surface area contributed by atoms with E-state index in [2.05, 4.69) is 10.6 Å². The van der Waals surface area contributed by atoms with Crippen LogP contribution in [-0.2, 0) is 4.79 Å². The molecule has 1 fully saturated rings. The van der Waals surface area contributed by atoms with E-state index in [9.17, 15) is 14.4 Å². The van der Waals surface area contributed by atoms with Crippen molar-refractivity contribution < 1.29 is 19.1 Å². The number of fused-ring (bicyclic) bond motifs is 1. The van der Waals surface area contributed by atoms with Crippen LogP contribution in [0.1, 0.15) is 15.9 Å². The van der Waals surface area contributed by atoms with Crippen LogP contribution in [0.25, 0.3) is 6.08 Å². The zero-order valence-electron chi connectivity index (χ0n) is 15.0. The number of benzene rings is 2. The van der Waals surface area contributed by atoms with Crippen LogP contribution >= 0.6 is 11.8 Å². The molecule has 2 aromatic rings. The minimum absolute atomic E-state index is 0.0492. The van der Waals surface area contributed by atoms with Gasteiger partial charge in [0.2, 0.25) is 0 Å². The van der Waals surface area contributed by atoms with Crippen molar-refractivity contribution in [1.82, 2.24) is 10.2 Å². The fourth-order valence-corrected chi connectivity index (χ4v) is 3.65. The molecule has 3 amide bonds. The molecule has 0 aliphatic carbocycles. The van der Waals surface area contributed by atoms with Crippen molar-refractivity contribution in [3.63, 3.8) is 0 Å². The van der Waals surface area contributed by atoms with E-state index in [1.54, 1.807) is 48.4 Å². The smallest absolute Gasteiger partial charge is 0.290 e. The number of nitrogens with zero attached hydrogens (tertiary/aromatic N) is 1. The molecule has 0 radical (unpaired) electrons. The molecule has 8 heteroatoms. The van der Waals surface area contributed by atoms with E-state index in [1.807, 2.05) is 18.2 Å². The summed E-state index contributed by atoms with van der Waals surface area (Å²) < 4.78 is 5.83. The fourth-order valence-electron chi connectivity index (χ4n) is 2.96. The Bertz CT molecular complexity index is 987. The number of anilines is 1. The quantitative estimate of drug-likeness (QED) is 0.774. The Hall–Kier alpha value is -3.26. The number of carbonyl (C=O) groups excluding carboxylic acids is 3. The van der Waals surface area contributed by atoms with Gasteiger partial charge < -0.3 is 15.0 Å². The molecule has 2 aromatic carbocycles. The van der Waals surface area contributed by atoms with Gasteiger partial charge in [-0.1, -0.05) is 24.3 Å². The van der Waals surface area contributed by atoms with Crippen LogP contribution in [0.3, 0.4) is 0 Å². The van der Waals surface area contributed by atoms with Gasteiger partial charge in [0.1, 0.15) is 18.5 Å². The first-order valence-corrected chi connectivity index (χ1v) is 9.43. The molecule has 4 rings (SSSR count). The first-order chi connectivity index (χ1) is 13.5. The van der Waals surface area contributed by atoms with Crippen molar-refractivity contribution in [2.45, 2.75) is 6.17 Å². The molecule has 7 nitrogen and oxygen atoms in total. The van der Waals surface area contributed by atoms with Crippen LogP contribution in [0.5, 0.6) is 5.75 Å². The van der Waals surface area contributed by atoms with E-state index in [1.165, 1.54) is 0 Å². The Morgan fingerprint density at radius 3 is 2.57 bits per heavy atom. The summed E-state index contributed by atoms with van der Waals surface area (Å²) in [5, 5.41) is 5.17. The third-order valence-corrected chi connectivity index (χ3v) is 5.31. The maximum atomic E-state index is 12.5. The van der Waals surface area contributed by atoms with Crippen molar-refractivity contribution in [1.29, 1.82) is 0 Å². The largest absolute Gasteiger partial charge is 0.489 e. The summed E-state index contributed by atoms with van der Waals surface area (Å²) >= 11 is 0.881. The second-order valence-corrected chi connectivity index (χ2v) is 7.37. The number of amides is 3. The molecule has 0 aromatic heterocycles. The van der Waals surface area contributed by atoms with Gasteiger partial charge in [0.25, 0.3) is 17.1 Å². The summed E-state index contributed by atoms with van der Waals surface area (Å²) in [6, 6.07) is 14.6. The number of ether oxygens (including phenoxy) is 1. The van der Waals surface area contributed by atoms with Crippen molar-refractivity contribution >= 4 is 40.6 Å². The molecule has 0 bridgehead atoms. The SMILES string of the molecule is CN1C(=O)c2ccccc2NC1COc1ccc(C=C2SC(=O)NC2=O)cc1. The van der Waals surface area contributed by atoms with E-state index in [0.29, 0.717) is 16.2 Å². The monoisotopic (exact) mass is 395 g/mol. The number of imide groups is 1. The van der Waals surface area contributed by atoms with Gasteiger partial charge in [0.05, 0.1) is 10.5 Å². The zero-order chi connectivity index (χ0) is 19.7. The molecule has 2 N–H and O–H groups in total. The average Bonchev–Trinajstić information content (AvgIpc) is 3.01. The number of hydrogen-bond donors (Lipinski definition) is 2. The predicted molar refractivity (Wildman–Crippen MR) is 107 cm³/mol. The summed E-state index contributed by atoms with van der Waals surface area (Å²) in [6.07, 6.45) is 1.37. The van der Waals surface area contributed by atoms with Gasteiger partial charge in [0.15, 0.2) is 0 Å².